The van der Waals surface area contributed by atoms with Crippen LogP contribution in [0.1, 0.15) is 30.7 Å². The largest absolute Gasteiger partial charge is 0.440 e. The van der Waals surface area contributed by atoms with Crippen molar-refractivity contribution in [1.82, 2.24) is 9.55 Å². The topological polar surface area (TPSA) is 69.3 Å². The van der Waals surface area contributed by atoms with Gasteiger partial charge in [-0.25, -0.2) is 4.98 Å². The van der Waals surface area contributed by atoms with E-state index in [1.165, 1.54) is 0 Å². The SMILES string of the molecule is CCSNc1cc(-c2cc(C)c(=O)n(C)c2)c2oc(C3CCOC3)nc2c1. The highest BCUT2D eigenvalue weighted by Crippen LogP contribution is 2.36. The maximum Gasteiger partial charge on any atom is 0.253 e. The summed E-state index contributed by atoms with van der Waals surface area (Å²) in [7, 11) is 1.77. The van der Waals surface area contributed by atoms with Gasteiger partial charge in [-0.15, -0.1) is 0 Å². The Morgan fingerprint density at radius 2 is 2.22 bits per heavy atom. The molecule has 1 aliphatic heterocycles. The van der Waals surface area contributed by atoms with Crippen LogP contribution in [0.3, 0.4) is 0 Å². The van der Waals surface area contributed by atoms with Crippen LogP contribution in [0.5, 0.6) is 0 Å². The highest BCUT2D eigenvalue weighted by molar-refractivity contribution is 8.00. The Bertz CT molecular complexity index is 1010. The fraction of sp³-hybridized carbons (Fsp3) is 0.400. The number of aryl methyl sites for hydroxylation is 2. The molecular weight excluding hydrogens is 362 g/mol. The van der Waals surface area contributed by atoms with Crippen LogP contribution < -0.4 is 10.3 Å². The summed E-state index contributed by atoms with van der Waals surface area (Å²) < 4.78 is 16.7. The molecule has 1 aliphatic rings. The average molecular weight is 385 g/mol. The van der Waals surface area contributed by atoms with Crippen LogP contribution in [-0.2, 0) is 11.8 Å². The second-order valence-corrected chi connectivity index (χ2v) is 7.92. The van der Waals surface area contributed by atoms with Gasteiger partial charge in [0.25, 0.3) is 5.56 Å². The van der Waals surface area contributed by atoms with E-state index in [4.69, 9.17) is 14.1 Å². The van der Waals surface area contributed by atoms with E-state index < -0.39 is 0 Å². The lowest BCUT2D eigenvalue weighted by atomic mass is 10.0. The summed E-state index contributed by atoms with van der Waals surface area (Å²) in [6.07, 6.45) is 2.78. The van der Waals surface area contributed by atoms with Gasteiger partial charge in [0.2, 0.25) is 5.89 Å². The maximum atomic E-state index is 12.1. The molecule has 4 rings (SSSR count). The van der Waals surface area contributed by atoms with Crippen molar-refractivity contribution in [3.63, 3.8) is 0 Å². The van der Waals surface area contributed by atoms with Crippen LogP contribution in [0.25, 0.3) is 22.2 Å². The van der Waals surface area contributed by atoms with Crippen molar-refractivity contribution in [3.05, 3.63) is 46.2 Å². The van der Waals surface area contributed by atoms with E-state index in [0.29, 0.717) is 12.2 Å². The summed E-state index contributed by atoms with van der Waals surface area (Å²) >= 11 is 1.63. The van der Waals surface area contributed by atoms with E-state index in [9.17, 15) is 4.79 Å². The molecule has 1 fully saturated rings. The molecule has 1 unspecified atom stereocenters. The molecule has 0 saturated carbocycles. The number of aromatic nitrogens is 2. The van der Waals surface area contributed by atoms with Crippen molar-refractivity contribution in [1.29, 1.82) is 0 Å². The van der Waals surface area contributed by atoms with Gasteiger partial charge in [0.1, 0.15) is 5.52 Å². The zero-order valence-electron chi connectivity index (χ0n) is 15.7. The molecule has 1 atom stereocenters. The van der Waals surface area contributed by atoms with E-state index >= 15 is 0 Å². The number of hydrogen-bond donors (Lipinski definition) is 1. The number of benzene rings is 1. The van der Waals surface area contributed by atoms with E-state index in [1.54, 1.807) is 23.6 Å². The number of nitrogens with one attached hydrogen (secondary N) is 1. The fourth-order valence-electron chi connectivity index (χ4n) is 3.41. The van der Waals surface area contributed by atoms with E-state index in [-0.39, 0.29) is 11.5 Å². The van der Waals surface area contributed by atoms with E-state index in [0.717, 1.165) is 52.6 Å². The van der Waals surface area contributed by atoms with Gasteiger partial charge >= 0.3 is 0 Å². The Kier molecular flexibility index (Phi) is 4.97. The number of pyridine rings is 1. The van der Waals surface area contributed by atoms with Crippen LogP contribution in [0.15, 0.2) is 33.6 Å². The summed E-state index contributed by atoms with van der Waals surface area (Å²) in [6, 6.07) is 5.98. The Balaban J connectivity index is 1.89. The van der Waals surface area contributed by atoms with Gasteiger partial charge in [-0.3, -0.25) is 4.79 Å². The molecule has 0 amide bonds. The van der Waals surface area contributed by atoms with Gasteiger partial charge in [-0.2, -0.15) is 0 Å². The van der Waals surface area contributed by atoms with Crippen LogP contribution in [-0.4, -0.2) is 28.5 Å². The standard InChI is InChI=1S/C20H23N3O3S/c1-4-27-22-15-8-16(14-7-12(2)20(24)23(3)10-14)18-17(9-15)21-19(26-18)13-5-6-25-11-13/h7-10,13,22H,4-6,11H2,1-3H3. The molecule has 142 valence electrons. The third kappa shape index (κ3) is 3.49. The molecule has 1 saturated heterocycles. The second-order valence-electron chi connectivity index (χ2n) is 6.85. The first kappa shape index (κ1) is 18.1. The van der Waals surface area contributed by atoms with Gasteiger partial charge < -0.3 is 18.4 Å². The lowest BCUT2D eigenvalue weighted by Crippen LogP contribution is -2.18. The number of fused-ring (bicyclic) bond motifs is 1. The molecule has 3 heterocycles. The van der Waals surface area contributed by atoms with Crippen molar-refractivity contribution in [3.8, 4) is 11.1 Å². The normalized spacial score (nSPS) is 16.9. The zero-order valence-corrected chi connectivity index (χ0v) is 16.6. The molecule has 0 radical (unpaired) electrons. The lowest BCUT2D eigenvalue weighted by Gasteiger charge is -2.10. The molecule has 7 heteroatoms. The molecule has 0 spiro atoms. The smallest absolute Gasteiger partial charge is 0.253 e. The van der Waals surface area contributed by atoms with Gasteiger partial charge in [-0.05, 0) is 31.5 Å². The molecule has 1 aromatic carbocycles. The first-order valence-corrected chi connectivity index (χ1v) is 10.1. The average Bonchev–Trinajstić information content (AvgIpc) is 3.32. The van der Waals surface area contributed by atoms with Gasteiger partial charge in [0.15, 0.2) is 5.58 Å². The van der Waals surface area contributed by atoms with Crippen molar-refractivity contribution < 1.29 is 9.15 Å². The summed E-state index contributed by atoms with van der Waals surface area (Å²) in [5, 5.41) is 0. The first-order valence-electron chi connectivity index (χ1n) is 9.14. The summed E-state index contributed by atoms with van der Waals surface area (Å²) in [5.74, 6) is 1.88. The lowest BCUT2D eigenvalue weighted by molar-refractivity contribution is 0.191. The Labute approximate surface area is 162 Å². The minimum atomic E-state index is 0.00664. The van der Waals surface area contributed by atoms with Crippen molar-refractivity contribution in [2.45, 2.75) is 26.2 Å². The number of nitrogens with zero attached hydrogens (tertiary/aromatic N) is 2. The molecule has 0 aliphatic carbocycles. The highest BCUT2D eigenvalue weighted by atomic mass is 32.2. The predicted octanol–water partition coefficient (Wildman–Crippen LogP) is 4.09. The van der Waals surface area contributed by atoms with Crippen LogP contribution in [0.2, 0.25) is 0 Å². The van der Waals surface area contributed by atoms with Crippen molar-refractivity contribution in [2.24, 2.45) is 7.05 Å². The number of oxazole rings is 1. The molecule has 3 aromatic rings. The summed E-state index contributed by atoms with van der Waals surface area (Å²) in [5.41, 5.74) is 5.12. The molecule has 1 N–H and O–H groups in total. The predicted molar refractivity (Wildman–Crippen MR) is 109 cm³/mol. The molecular formula is C20H23N3O3S. The number of hydrogen-bond acceptors (Lipinski definition) is 6. The van der Waals surface area contributed by atoms with Gasteiger partial charge in [0, 0.05) is 48.0 Å². The third-order valence-electron chi connectivity index (χ3n) is 4.79. The van der Waals surface area contributed by atoms with Gasteiger partial charge in [-0.1, -0.05) is 18.9 Å². The fourth-order valence-corrected chi connectivity index (χ4v) is 3.84. The monoisotopic (exact) mass is 385 g/mol. The van der Waals surface area contributed by atoms with Crippen LogP contribution in [0, 0.1) is 6.92 Å². The first-order chi connectivity index (χ1) is 13.1. The van der Waals surface area contributed by atoms with Crippen molar-refractivity contribution in [2.75, 3.05) is 23.7 Å². The maximum absolute atomic E-state index is 12.1. The zero-order chi connectivity index (χ0) is 19.0. The third-order valence-corrected chi connectivity index (χ3v) is 5.46. The minimum absolute atomic E-state index is 0.00664. The molecule has 0 bridgehead atoms. The number of rotatable bonds is 5. The molecule has 6 nitrogen and oxygen atoms in total. The minimum Gasteiger partial charge on any atom is -0.440 e. The Morgan fingerprint density at radius 1 is 1.37 bits per heavy atom. The van der Waals surface area contributed by atoms with E-state index in [1.807, 2.05) is 25.3 Å². The van der Waals surface area contributed by atoms with Crippen LogP contribution >= 0.6 is 11.9 Å². The van der Waals surface area contributed by atoms with Crippen LogP contribution in [0.4, 0.5) is 5.69 Å². The molecule has 27 heavy (non-hydrogen) atoms. The quantitative estimate of drug-likeness (QED) is 0.667. The molecule has 2 aromatic heterocycles. The van der Waals surface area contributed by atoms with Gasteiger partial charge in [0.05, 0.1) is 12.5 Å². The Morgan fingerprint density at radius 3 is 2.93 bits per heavy atom. The van der Waals surface area contributed by atoms with E-state index in [2.05, 4.69) is 17.7 Å². The number of ether oxygens (including phenoxy) is 1. The summed E-state index contributed by atoms with van der Waals surface area (Å²) in [4.78, 5) is 16.8. The Hall–Kier alpha value is -2.25. The summed E-state index contributed by atoms with van der Waals surface area (Å²) in [6.45, 7) is 5.33. The number of anilines is 1. The highest BCUT2D eigenvalue weighted by Gasteiger charge is 2.24. The second kappa shape index (κ2) is 7.40. The van der Waals surface area contributed by atoms with Crippen molar-refractivity contribution >= 4 is 28.7 Å².